The number of alkyl halides is 1. The lowest BCUT2D eigenvalue weighted by Crippen LogP contribution is -2.54. The summed E-state index contributed by atoms with van der Waals surface area (Å²) in [5.41, 5.74) is 8.99. The van der Waals surface area contributed by atoms with Gasteiger partial charge >= 0.3 is 0 Å². The summed E-state index contributed by atoms with van der Waals surface area (Å²) in [5.74, 6) is -0.739. The molecule has 2 amide bonds. The second-order valence-corrected chi connectivity index (χ2v) is 10.1. The number of nitrogens with one attached hydrogen (secondary N) is 1. The van der Waals surface area contributed by atoms with Crippen LogP contribution in [0.5, 0.6) is 0 Å². The lowest BCUT2D eigenvalue weighted by atomic mass is 9.86. The third kappa shape index (κ3) is 4.86. The molecule has 2 aliphatic heterocycles. The molecule has 8 heteroatoms. The van der Waals surface area contributed by atoms with E-state index in [1.54, 1.807) is 23.9 Å². The molecule has 2 heterocycles. The van der Waals surface area contributed by atoms with Crippen LogP contribution in [0.1, 0.15) is 63.2 Å². The number of rotatable bonds is 5. The number of hydrogen-bond acceptors (Lipinski definition) is 5. The van der Waals surface area contributed by atoms with Gasteiger partial charge in [-0.3, -0.25) is 14.6 Å². The zero-order valence-electron chi connectivity index (χ0n) is 18.0. The van der Waals surface area contributed by atoms with E-state index in [4.69, 9.17) is 5.73 Å². The fraction of sp³-hybridized carbons (Fsp3) is 0.591. The molecule has 0 aromatic heterocycles. The summed E-state index contributed by atoms with van der Waals surface area (Å²) < 4.78 is 14.8. The Balaban J connectivity index is 1.62. The normalized spacial score (nSPS) is 25.9. The lowest BCUT2D eigenvalue weighted by Gasteiger charge is -2.32. The van der Waals surface area contributed by atoms with Gasteiger partial charge in [0.15, 0.2) is 6.30 Å². The number of thioether (sulfide) groups is 1. The lowest BCUT2D eigenvalue weighted by molar-refractivity contribution is -0.141. The zero-order valence-corrected chi connectivity index (χ0v) is 18.8. The molecule has 3 N–H and O–H groups in total. The van der Waals surface area contributed by atoms with Crippen LogP contribution in [0.2, 0.25) is 0 Å². The second kappa shape index (κ2) is 9.06. The number of hydrogen-bond donors (Lipinski definition) is 2. The van der Waals surface area contributed by atoms with Gasteiger partial charge in [0, 0.05) is 12.1 Å². The maximum absolute atomic E-state index is 14.8. The van der Waals surface area contributed by atoms with Crippen molar-refractivity contribution < 1.29 is 14.0 Å². The molecule has 1 fully saturated rings. The SMILES string of the molecule is CC1N=CSC1c1ccc([C@H](F)NC(=O)C2CCCN2C(=O)C(N)C(C)(C)C)cc1. The van der Waals surface area contributed by atoms with Crippen molar-refractivity contribution in [3.63, 3.8) is 0 Å². The average Bonchev–Trinajstić information content (AvgIpc) is 3.35. The molecule has 0 aliphatic carbocycles. The molecule has 1 saturated heterocycles. The number of nitrogens with zero attached hydrogens (tertiary/aromatic N) is 2. The van der Waals surface area contributed by atoms with Gasteiger partial charge in [0.1, 0.15) is 6.04 Å². The van der Waals surface area contributed by atoms with Crippen LogP contribution >= 0.6 is 11.8 Å². The van der Waals surface area contributed by atoms with Crippen LogP contribution in [0.3, 0.4) is 0 Å². The standard InChI is InChI=1S/C22H31FN4O2S/c1-13-17(30-12-25-13)14-7-9-15(10-8-14)19(23)26-20(28)16-6-5-11-27(16)21(29)18(24)22(2,3)4/h7-10,12-13,16-19H,5-6,11,24H2,1-4H3,(H,26,28)/t13?,16?,17?,18?,19-/m1/s1. The smallest absolute Gasteiger partial charge is 0.245 e. The largest absolute Gasteiger partial charge is 0.329 e. The zero-order chi connectivity index (χ0) is 22.1. The van der Waals surface area contributed by atoms with E-state index >= 15 is 0 Å². The first-order chi connectivity index (χ1) is 14.1. The van der Waals surface area contributed by atoms with E-state index in [0.717, 1.165) is 5.56 Å². The maximum Gasteiger partial charge on any atom is 0.245 e. The van der Waals surface area contributed by atoms with Gasteiger partial charge in [-0.25, -0.2) is 4.39 Å². The van der Waals surface area contributed by atoms with Crippen LogP contribution in [-0.4, -0.2) is 46.9 Å². The molecule has 5 atom stereocenters. The van der Waals surface area contributed by atoms with Crippen molar-refractivity contribution >= 4 is 29.1 Å². The van der Waals surface area contributed by atoms with Gasteiger partial charge in [-0.2, -0.15) is 0 Å². The number of nitrogens with two attached hydrogens (primary N) is 1. The van der Waals surface area contributed by atoms with Crippen molar-refractivity contribution in [1.82, 2.24) is 10.2 Å². The van der Waals surface area contributed by atoms with E-state index in [9.17, 15) is 14.0 Å². The maximum atomic E-state index is 14.8. The third-order valence-electron chi connectivity index (χ3n) is 5.81. The Kier molecular flexibility index (Phi) is 6.87. The highest BCUT2D eigenvalue weighted by Gasteiger charge is 2.40. The fourth-order valence-corrected chi connectivity index (χ4v) is 4.76. The number of amides is 2. The highest BCUT2D eigenvalue weighted by molar-refractivity contribution is 8.12. The third-order valence-corrected chi connectivity index (χ3v) is 7.01. The molecule has 30 heavy (non-hydrogen) atoms. The minimum absolute atomic E-state index is 0.187. The quantitative estimate of drug-likeness (QED) is 0.696. The summed E-state index contributed by atoms with van der Waals surface area (Å²) in [6.45, 7) is 8.18. The van der Waals surface area contributed by atoms with Crippen LogP contribution in [0.25, 0.3) is 0 Å². The Morgan fingerprint density at radius 3 is 2.53 bits per heavy atom. The van der Waals surface area contributed by atoms with E-state index < -0.39 is 29.7 Å². The Morgan fingerprint density at radius 1 is 1.30 bits per heavy atom. The van der Waals surface area contributed by atoms with E-state index in [0.29, 0.717) is 24.9 Å². The summed E-state index contributed by atoms with van der Waals surface area (Å²) in [5, 5.41) is 2.66. The highest BCUT2D eigenvalue weighted by atomic mass is 32.2. The number of halogens is 1. The molecule has 4 unspecified atom stereocenters. The van der Waals surface area contributed by atoms with Gasteiger partial charge in [-0.05, 0) is 30.7 Å². The Hall–Kier alpha value is -1.93. The van der Waals surface area contributed by atoms with Crippen LogP contribution in [0.4, 0.5) is 4.39 Å². The first-order valence-electron chi connectivity index (χ1n) is 10.4. The summed E-state index contributed by atoms with van der Waals surface area (Å²) >= 11 is 1.65. The first-order valence-corrected chi connectivity index (χ1v) is 11.3. The first kappa shape index (κ1) is 22.7. The van der Waals surface area contributed by atoms with E-state index in [-0.39, 0.29) is 17.2 Å². The molecule has 3 rings (SSSR count). The molecule has 0 saturated carbocycles. The predicted octanol–water partition coefficient (Wildman–Crippen LogP) is 3.34. The molecule has 0 bridgehead atoms. The van der Waals surface area contributed by atoms with Gasteiger partial charge in [-0.15, -0.1) is 11.8 Å². The van der Waals surface area contributed by atoms with Crippen molar-refractivity contribution in [2.45, 2.75) is 70.2 Å². The van der Waals surface area contributed by atoms with Crippen LogP contribution in [-0.2, 0) is 9.59 Å². The minimum atomic E-state index is -1.63. The molecule has 6 nitrogen and oxygen atoms in total. The minimum Gasteiger partial charge on any atom is -0.329 e. The van der Waals surface area contributed by atoms with E-state index in [1.807, 2.05) is 45.4 Å². The van der Waals surface area contributed by atoms with Gasteiger partial charge in [0.05, 0.1) is 22.9 Å². The monoisotopic (exact) mass is 434 g/mol. The van der Waals surface area contributed by atoms with E-state index in [2.05, 4.69) is 10.3 Å². The van der Waals surface area contributed by atoms with Crippen molar-refractivity contribution in [2.24, 2.45) is 16.1 Å². The summed E-state index contributed by atoms with van der Waals surface area (Å²) in [6.07, 6.45) is -0.423. The number of carbonyl (C=O) groups excluding carboxylic acids is 2. The number of aliphatic imine (C=N–C) groups is 1. The molecule has 164 valence electrons. The van der Waals surface area contributed by atoms with Crippen LogP contribution < -0.4 is 11.1 Å². The predicted molar refractivity (Wildman–Crippen MR) is 119 cm³/mol. The average molecular weight is 435 g/mol. The summed E-state index contributed by atoms with van der Waals surface area (Å²) in [4.78, 5) is 31.3. The van der Waals surface area contributed by atoms with E-state index in [1.165, 1.54) is 4.90 Å². The fourth-order valence-electron chi connectivity index (χ4n) is 3.76. The molecule has 0 spiro atoms. The van der Waals surface area contributed by atoms with Crippen molar-refractivity contribution in [1.29, 1.82) is 0 Å². The Bertz CT molecular complexity index is 808. The number of carbonyl (C=O) groups is 2. The van der Waals surface area contributed by atoms with Crippen molar-refractivity contribution in [3.05, 3.63) is 35.4 Å². The topological polar surface area (TPSA) is 87.8 Å². The van der Waals surface area contributed by atoms with Gasteiger partial charge in [-0.1, -0.05) is 45.0 Å². The summed E-state index contributed by atoms with van der Waals surface area (Å²) in [7, 11) is 0. The van der Waals surface area contributed by atoms with Gasteiger partial charge in [0.2, 0.25) is 11.8 Å². The molecular weight excluding hydrogens is 403 g/mol. The number of likely N-dealkylation sites (tertiary alicyclic amines) is 1. The molecule has 1 aromatic rings. The van der Waals surface area contributed by atoms with Crippen molar-refractivity contribution in [2.75, 3.05) is 6.54 Å². The van der Waals surface area contributed by atoms with Gasteiger partial charge < -0.3 is 16.0 Å². The Labute approximate surface area is 181 Å². The summed E-state index contributed by atoms with van der Waals surface area (Å²) in [6, 6.07) is 5.94. The molecular formula is C22H31FN4O2S. The number of benzene rings is 1. The molecule has 1 aromatic carbocycles. The molecule has 0 radical (unpaired) electrons. The Morgan fingerprint density at radius 2 is 1.97 bits per heavy atom. The molecule has 2 aliphatic rings. The van der Waals surface area contributed by atoms with Gasteiger partial charge in [0.25, 0.3) is 0 Å². The van der Waals surface area contributed by atoms with Crippen molar-refractivity contribution in [3.8, 4) is 0 Å². The highest BCUT2D eigenvalue weighted by Crippen LogP contribution is 2.37. The van der Waals surface area contributed by atoms with Crippen LogP contribution in [0.15, 0.2) is 29.3 Å². The second-order valence-electron chi connectivity index (χ2n) is 9.12. The van der Waals surface area contributed by atoms with Crippen LogP contribution in [0, 0.1) is 5.41 Å².